The number of nitrogens with zero attached hydrogens (tertiary/aromatic N) is 1. The first kappa shape index (κ1) is 14.0. The summed E-state index contributed by atoms with van der Waals surface area (Å²) in [6.07, 6.45) is 3.11. The van der Waals surface area contributed by atoms with Crippen LogP contribution in [0.5, 0.6) is 0 Å². The van der Waals surface area contributed by atoms with Gasteiger partial charge in [0.05, 0.1) is 11.4 Å². The van der Waals surface area contributed by atoms with Crippen molar-refractivity contribution < 1.29 is 9.59 Å². The van der Waals surface area contributed by atoms with Crippen LogP contribution in [0.3, 0.4) is 0 Å². The Morgan fingerprint density at radius 1 is 1.56 bits per heavy atom. The second-order valence-corrected chi connectivity index (χ2v) is 4.20. The Hall–Kier alpha value is -2.02. The lowest BCUT2D eigenvalue weighted by atomic mass is 10.4. The first-order chi connectivity index (χ1) is 8.63. The molecule has 0 fully saturated rings. The number of pyridine rings is 1. The summed E-state index contributed by atoms with van der Waals surface area (Å²) in [5.74, 6) is -0.338. The van der Waals surface area contributed by atoms with Gasteiger partial charge in [0.25, 0.3) is 0 Å². The van der Waals surface area contributed by atoms with E-state index in [2.05, 4.69) is 22.2 Å². The van der Waals surface area contributed by atoms with Gasteiger partial charge < -0.3 is 11.1 Å². The maximum absolute atomic E-state index is 11.4. The van der Waals surface area contributed by atoms with Crippen LogP contribution in [0.2, 0.25) is 0 Å². The molecule has 0 spiro atoms. The summed E-state index contributed by atoms with van der Waals surface area (Å²) in [6.45, 7) is 3.75. The molecule has 1 rings (SSSR count). The molecule has 18 heavy (non-hydrogen) atoms. The average Bonchev–Trinajstić information content (AvgIpc) is 2.35. The van der Waals surface area contributed by atoms with E-state index in [1.165, 1.54) is 17.8 Å². The van der Waals surface area contributed by atoms with Gasteiger partial charge in [0.2, 0.25) is 5.91 Å². The molecule has 0 radical (unpaired) electrons. The van der Waals surface area contributed by atoms with Gasteiger partial charge in [-0.15, -0.1) is 6.58 Å². The Labute approximate surface area is 109 Å². The molecule has 0 aliphatic rings. The number of urea groups is 1. The van der Waals surface area contributed by atoms with E-state index in [9.17, 15) is 9.59 Å². The third-order valence-corrected chi connectivity index (χ3v) is 2.82. The van der Waals surface area contributed by atoms with E-state index in [1.807, 2.05) is 0 Å². The van der Waals surface area contributed by atoms with E-state index in [0.29, 0.717) is 17.3 Å². The SMILES string of the molecule is C=CCNC(=O)NC(=O)CSc1ncccc1N. The van der Waals surface area contributed by atoms with Crippen LogP contribution in [-0.4, -0.2) is 29.2 Å². The van der Waals surface area contributed by atoms with E-state index < -0.39 is 11.9 Å². The van der Waals surface area contributed by atoms with Crippen molar-refractivity contribution in [3.8, 4) is 0 Å². The number of carbonyl (C=O) groups excluding carboxylic acids is 2. The highest BCUT2D eigenvalue weighted by molar-refractivity contribution is 8.00. The van der Waals surface area contributed by atoms with Crippen LogP contribution in [0.15, 0.2) is 36.0 Å². The maximum Gasteiger partial charge on any atom is 0.321 e. The molecule has 0 aliphatic carbocycles. The van der Waals surface area contributed by atoms with Gasteiger partial charge in [-0.3, -0.25) is 10.1 Å². The highest BCUT2D eigenvalue weighted by Gasteiger charge is 2.08. The topological polar surface area (TPSA) is 97.1 Å². The predicted octanol–water partition coefficient (Wildman–Crippen LogP) is 0.768. The van der Waals surface area contributed by atoms with Gasteiger partial charge in [-0.05, 0) is 12.1 Å². The zero-order valence-electron chi connectivity index (χ0n) is 9.68. The molecule has 0 atom stereocenters. The number of carbonyl (C=O) groups is 2. The number of nitrogens with one attached hydrogen (secondary N) is 2. The second-order valence-electron chi connectivity index (χ2n) is 3.23. The van der Waals surface area contributed by atoms with Gasteiger partial charge in [-0.2, -0.15) is 0 Å². The number of rotatable bonds is 5. The molecule has 0 saturated heterocycles. The number of hydrogen-bond donors (Lipinski definition) is 3. The quantitative estimate of drug-likeness (QED) is 0.540. The Bertz CT molecular complexity index is 450. The molecule has 1 aromatic rings. The summed E-state index contributed by atoms with van der Waals surface area (Å²) >= 11 is 1.17. The zero-order chi connectivity index (χ0) is 13.4. The smallest absolute Gasteiger partial charge is 0.321 e. The van der Waals surface area contributed by atoms with Crippen LogP contribution in [0.25, 0.3) is 0 Å². The molecule has 7 heteroatoms. The van der Waals surface area contributed by atoms with Crippen molar-refractivity contribution in [2.45, 2.75) is 5.03 Å². The molecule has 0 aliphatic heterocycles. The number of anilines is 1. The zero-order valence-corrected chi connectivity index (χ0v) is 10.5. The first-order valence-corrected chi connectivity index (χ1v) is 6.14. The van der Waals surface area contributed by atoms with Gasteiger partial charge >= 0.3 is 6.03 Å². The minimum Gasteiger partial charge on any atom is -0.397 e. The average molecular weight is 266 g/mol. The van der Waals surface area contributed by atoms with Crippen LogP contribution in [-0.2, 0) is 4.79 Å². The van der Waals surface area contributed by atoms with Crippen LogP contribution in [0, 0.1) is 0 Å². The van der Waals surface area contributed by atoms with Crippen molar-refractivity contribution in [3.05, 3.63) is 31.0 Å². The summed E-state index contributed by atoms with van der Waals surface area (Å²) in [6, 6.07) is 2.86. The van der Waals surface area contributed by atoms with E-state index >= 15 is 0 Å². The van der Waals surface area contributed by atoms with Crippen LogP contribution in [0.4, 0.5) is 10.5 Å². The Morgan fingerprint density at radius 3 is 3.00 bits per heavy atom. The maximum atomic E-state index is 11.4. The molecule has 4 N–H and O–H groups in total. The number of nitrogen functional groups attached to an aromatic ring is 1. The monoisotopic (exact) mass is 266 g/mol. The van der Waals surface area contributed by atoms with E-state index in [4.69, 9.17) is 5.73 Å². The van der Waals surface area contributed by atoms with Crippen LogP contribution < -0.4 is 16.4 Å². The van der Waals surface area contributed by atoms with Crippen molar-refractivity contribution in [1.82, 2.24) is 15.6 Å². The van der Waals surface area contributed by atoms with Gasteiger partial charge in [0.15, 0.2) is 0 Å². The minimum absolute atomic E-state index is 0.0721. The predicted molar refractivity (Wildman–Crippen MR) is 71.1 cm³/mol. The number of aromatic nitrogens is 1. The Balaban J connectivity index is 2.35. The number of imide groups is 1. The summed E-state index contributed by atoms with van der Waals surface area (Å²) in [5.41, 5.74) is 6.17. The molecule has 1 aromatic heterocycles. The summed E-state index contributed by atoms with van der Waals surface area (Å²) < 4.78 is 0. The minimum atomic E-state index is -0.547. The lowest BCUT2D eigenvalue weighted by Crippen LogP contribution is -2.40. The lowest BCUT2D eigenvalue weighted by Gasteiger charge is -2.05. The number of amides is 3. The molecule has 1 heterocycles. The summed E-state index contributed by atoms with van der Waals surface area (Å²) in [5, 5.41) is 5.18. The summed E-state index contributed by atoms with van der Waals surface area (Å²) in [4.78, 5) is 26.6. The van der Waals surface area contributed by atoms with Crippen molar-refractivity contribution in [1.29, 1.82) is 0 Å². The van der Waals surface area contributed by atoms with E-state index in [1.54, 1.807) is 18.3 Å². The fourth-order valence-electron chi connectivity index (χ4n) is 1.03. The van der Waals surface area contributed by atoms with Crippen molar-refractivity contribution in [2.75, 3.05) is 18.0 Å². The van der Waals surface area contributed by atoms with Gasteiger partial charge in [-0.25, -0.2) is 9.78 Å². The van der Waals surface area contributed by atoms with Gasteiger partial charge in [-0.1, -0.05) is 17.8 Å². The number of hydrogen-bond acceptors (Lipinski definition) is 5. The highest BCUT2D eigenvalue weighted by Crippen LogP contribution is 2.20. The highest BCUT2D eigenvalue weighted by atomic mass is 32.2. The molecular weight excluding hydrogens is 252 g/mol. The molecule has 6 nitrogen and oxygen atoms in total. The largest absolute Gasteiger partial charge is 0.397 e. The second kappa shape index (κ2) is 7.33. The number of nitrogens with two attached hydrogens (primary N) is 1. The Morgan fingerprint density at radius 2 is 2.33 bits per heavy atom. The standard InChI is InChI=1S/C11H14N4O2S/c1-2-5-14-11(17)15-9(16)7-18-10-8(12)4-3-6-13-10/h2-4,6H,1,5,7,12H2,(H2,14,15,16,17). The summed E-state index contributed by atoms with van der Waals surface area (Å²) in [7, 11) is 0. The third-order valence-electron chi connectivity index (χ3n) is 1.80. The molecule has 0 saturated carbocycles. The fraction of sp³-hybridized carbons (Fsp3) is 0.182. The molecule has 3 amide bonds. The molecule has 0 aromatic carbocycles. The Kier molecular flexibility index (Phi) is 5.72. The van der Waals surface area contributed by atoms with Crippen molar-refractivity contribution in [2.24, 2.45) is 0 Å². The van der Waals surface area contributed by atoms with Gasteiger partial charge in [0.1, 0.15) is 5.03 Å². The third kappa shape index (κ3) is 4.88. The normalized spacial score (nSPS) is 9.56. The van der Waals surface area contributed by atoms with Crippen molar-refractivity contribution in [3.63, 3.8) is 0 Å². The van der Waals surface area contributed by atoms with Crippen LogP contribution >= 0.6 is 11.8 Å². The lowest BCUT2D eigenvalue weighted by molar-refractivity contribution is -0.117. The van der Waals surface area contributed by atoms with Gasteiger partial charge in [0, 0.05) is 12.7 Å². The molecule has 96 valence electrons. The van der Waals surface area contributed by atoms with E-state index in [-0.39, 0.29) is 5.75 Å². The molecule has 0 bridgehead atoms. The number of thioether (sulfide) groups is 1. The molecule has 0 unspecified atom stereocenters. The van der Waals surface area contributed by atoms with E-state index in [0.717, 1.165) is 0 Å². The first-order valence-electron chi connectivity index (χ1n) is 5.15. The van der Waals surface area contributed by atoms with Crippen molar-refractivity contribution >= 4 is 29.4 Å². The van der Waals surface area contributed by atoms with Crippen LogP contribution in [0.1, 0.15) is 0 Å². The fourth-order valence-corrected chi connectivity index (χ4v) is 1.74. The molecular formula is C11H14N4O2S.